The van der Waals surface area contributed by atoms with Gasteiger partial charge in [0.1, 0.15) is 5.75 Å². The van der Waals surface area contributed by atoms with E-state index in [9.17, 15) is 9.90 Å². The topological polar surface area (TPSA) is 58.6 Å². The van der Waals surface area contributed by atoms with Gasteiger partial charge in [-0.3, -0.25) is 4.79 Å². The fourth-order valence-corrected chi connectivity index (χ4v) is 2.17. The lowest BCUT2D eigenvalue weighted by Gasteiger charge is -2.24. The highest BCUT2D eigenvalue weighted by molar-refractivity contribution is 5.79. The normalized spacial score (nSPS) is 16.6. The van der Waals surface area contributed by atoms with Crippen molar-refractivity contribution < 1.29 is 14.6 Å². The zero-order valence-electron chi connectivity index (χ0n) is 12.1. The third-order valence-electron chi connectivity index (χ3n) is 3.58. The third kappa shape index (κ3) is 3.97. The molecule has 20 heavy (non-hydrogen) atoms. The highest BCUT2D eigenvalue weighted by atomic mass is 16.5. The fourth-order valence-electron chi connectivity index (χ4n) is 2.17. The van der Waals surface area contributed by atoms with Crippen molar-refractivity contribution in [1.82, 2.24) is 5.32 Å². The summed E-state index contributed by atoms with van der Waals surface area (Å²) >= 11 is 0. The molecule has 0 aliphatic heterocycles. The predicted molar refractivity (Wildman–Crippen MR) is 77.5 cm³/mol. The van der Waals surface area contributed by atoms with Gasteiger partial charge in [-0.1, -0.05) is 18.6 Å². The minimum absolute atomic E-state index is 0.0649. The number of aliphatic hydroxyl groups is 1. The van der Waals surface area contributed by atoms with Gasteiger partial charge >= 0.3 is 0 Å². The molecule has 1 fully saturated rings. The molecule has 1 amide bonds. The number of carbonyl (C=O) groups excluding carboxylic acids is 1. The molecular formula is C16H23NO3. The Bertz CT molecular complexity index is 438. The van der Waals surface area contributed by atoms with E-state index in [-0.39, 0.29) is 24.5 Å². The monoisotopic (exact) mass is 277 g/mol. The molecule has 0 saturated heterocycles. The highest BCUT2D eigenvalue weighted by Gasteiger charge is 2.25. The van der Waals surface area contributed by atoms with Gasteiger partial charge in [-0.2, -0.15) is 0 Å². The zero-order valence-corrected chi connectivity index (χ0v) is 12.1. The van der Waals surface area contributed by atoms with Gasteiger partial charge in [0, 0.05) is 12.5 Å². The Morgan fingerprint density at radius 1 is 1.35 bits per heavy atom. The van der Waals surface area contributed by atoms with Crippen molar-refractivity contribution in [2.24, 2.45) is 5.92 Å². The molecule has 110 valence electrons. The lowest BCUT2D eigenvalue weighted by molar-refractivity contribution is -0.127. The summed E-state index contributed by atoms with van der Waals surface area (Å²) in [7, 11) is 0. The Morgan fingerprint density at radius 3 is 2.50 bits per heavy atom. The van der Waals surface area contributed by atoms with Crippen LogP contribution in [-0.4, -0.2) is 23.7 Å². The molecule has 1 aliphatic carbocycles. The van der Waals surface area contributed by atoms with Crippen LogP contribution in [0.3, 0.4) is 0 Å². The first-order valence-electron chi connectivity index (χ1n) is 7.28. The van der Waals surface area contributed by atoms with Gasteiger partial charge in [-0.05, 0) is 44.4 Å². The van der Waals surface area contributed by atoms with Crippen molar-refractivity contribution in [1.29, 1.82) is 0 Å². The maximum Gasteiger partial charge on any atom is 0.223 e. The van der Waals surface area contributed by atoms with E-state index in [1.807, 2.05) is 38.1 Å². The van der Waals surface area contributed by atoms with Crippen LogP contribution in [0.4, 0.5) is 0 Å². The summed E-state index contributed by atoms with van der Waals surface area (Å²) in [4.78, 5) is 11.7. The average Bonchev–Trinajstić information content (AvgIpc) is 2.34. The second kappa shape index (κ2) is 6.75. The number of nitrogens with one attached hydrogen (secondary N) is 1. The quantitative estimate of drug-likeness (QED) is 0.839. The van der Waals surface area contributed by atoms with E-state index >= 15 is 0 Å². The van der Waals surface area contributed by atoms with Gasteiger partial charge in [0.05, 0.1) is 12.2 Å². The summed E-state index contributed by atoms with van der Waals surface area (Å²) in [5.41, 5.74) is 0.787. The smallest absolute Gasteiger partial charge is 0.223 e. The fraction of sp³-hybridized carbons (Fsp3) is 0.562. The van der Waals surface area contributed by atoms with Crippen LogP contribution in [0, 0.1) is 5.92 Å². The molecule has 1 aromatic carbocycles. The zero-order chi connectivity index (χ0) is 14.5. The standard InChI is InChI=1S/C16H23NO3/c1-11(2)20-14-8-6-12(7-9-14)15(18)10-17-16(19)13-4-3-5-13/h6-9,11,13,15,18H,3-5,10H2,1-2H3,(H,17,19). The number of aliphatic hydroxyl groups excluding tert-OH is 1. The van der Waals surface area contributed by atoms with E-state index in [0.29, 0.717) is 0 Å². The lowest BCUT2D eigenvalue weighted by atomic mass is 9.85. The van der Waals surface area contributed by atoms with Gasteiger partial charge in [-0.25, -0.2) is 0 Å². The number of rotatable bonds is 6. The Kier molecular flexibility index (Phi) is 5.01. The first kappa shape index (κ1) is 14.9. The van der Waals surface area contributed by atoms with Crippen LogP contribution in [0.2, 0.25) is 0 Å². The Morgan fingerprint density at radius 2 is 2.00 bits per heavy atom. The van der Waals surface area contributed by atoms with Crippen LogP contribution in [0.15, 0.2) is 24.3 Å². The minimum Gasteiger partial charge on any atom is -0.491 e. The number of carbonyl (C=O) groups is 1. The second-order valence-corrected chi connectivity index (χ2v) is 5.62. The number of ether oxygens (including phenoxy) is 1. The summed E-state index contributed by atoms with van der Waals surface area (Å²) in [6, 6.07) is 7.34. The first-order chi connectivity index (χ1) is 9.56. The highest BCUT2D eigenvalue weighted by Crippen LogP contribution is 2.26. The molecule has 0 radical (unpaired) electrons. The van der Waals surface area contributed by atoms with Crippen molar-refractivity contribution in [2.45, 2.75) is 45.3 Å². The van der Waals surface area contributed by atoms with Crippen molar-refractivity contribution in [2.75, 3.05) is 6.54 Å². The SMILES string of the molecule is CC(C)Oc1ccc(C(O)CNC(=O)C2CCC2)cc1. The van der Waals surface area contributed by atoms with Crippen molar-refractivity contribution in [3.63, 3.8) is 0 Å². The molecule has 1 aromatic rings. The van der Waals surface area contributed by atoms with Gasteiger partial charge in [0.2, 0.25) is 5.91 Å². The average molecular weight is 277 g/mol. The summed E-state index contributed by atoms with van der Waals surface area (Å²) in [5.74, 6) is 1.01. The van der Waals surface area contributed by atoms with Gasteiger partial charge in [0.15, 0.2) is 0 Å². The van der Waals surface area contributed by atoms with E-state index in [1.54, 1.807) is 0 Å². The largest absolute Gasteiger partial charge is 0.491 e. The van der Waals surface area contributed by atoms with Crippen LogP contribution >= 0.6 is 0 Å². The summed E-state index contributed by atoms with van der Waals surface area (Å²) < 4.78 is 5.55. The maximum atomic E-state index is 11.7. The summed E-state index contributed by atoms with van der Waals surface area (Å²) in [5, 5.41) is 12.9. The number of hydrogen-bond acceptors (Lipinski definition) is 3. The number of benzene rings is 1. The second-order valence-electron chi connectivity index (χ2n) is 5.62. The Labute approximate surface area is 120 Å². The summed E-state index contributed by atoms with van der Waals surface area (Å²) in [6.45, 7) is 4.21. The van der Waals surface area contributed by atoms with Crippen LogP contribution in [0.25, 0.3) is 0 Å². The number of amides is 1. The number of hydrogen-bond donors (Lipinski definition) is 2. The van der Waals surface area contributed by atoms with Gasteiger partial charge in [-0.15, -0.1) is 0 Å². The molecular weight excluding hydrogens is 254 g/mol. The molecule has 0 aromatic heterocycles. The van der Waals surface area contributed by atoms with E-state index in [2.05, 4.69) is 5.32 Å². The van der Waals surface area contributed by atoms with Crippen molar-refractivity contribution >= 4 is 5.91 Å². The van der Waals surface area contributed by atoms with E-state index in [1.165, 1.54) is 0 Å². The van der Waals surface area contributed by atoms with Gasteiger partial charge < -0.3 is 15.2 Å². The van der Waals surface area contributed by atoms with Crippen molar-refractivity contribution in [3.05, 3.63) is 29.8 Å². The Balaban J connectivity index is 1.82. The van der Waals surface area contributed by atoms with Crippen molar-refractivity contribution in [3.8, 4) is 5.75 Å². The third-order valence-corrected chi connectivity index (χ3v) is 3.58. The first-order valence-corrected chi connectivity index (χ1v) is 7.28. The predicted octanol–water partition coefficient (Wildman–Crippen LogP) is 2.42. The van der Waals surface area contributed by atoms with E-state index < -0.39 is 6.10 Å². The molecule has 1 saturated carbocycles. The van der Waals surface area contributed by atoms with E-state index in [4.69, 9.17) is 4.74 Å². The molecule has 4 nitrogen and oxygen atoms in total. The van der Waals surface area contributed by atoms with Crippen LogP contribution in [0.1, 0.15) is 44.8 Å². The van der Waals surface area contributed by atoms with Crippen LogP contribution < -0.4 is 10.1 Å². The molecule has 0 bridgehead atoms. The lowest BCUT2D eigenvalue weighted by Crippen LogP contribution is -2.36. The Hall–Kier alpha value is -1.55. The molecule has 2 N–H and O–H groups in total. The molecule has 1 unspecified atom stereocenters. The van der Waals surface area contributed by atoms with E-state index in [0.717, 1.165) is 30.6 Å². The molecule has 0 spiro atoms. The van der Waals surface area contributed by atoms with Crippen LogP contribution in [0.5, 0.6) is 5.75 Å². The van der Waals surface area contributed by atoms with Gasteiger partial charge in [0.25, 0.3) is 0 Å². The molecule has 4 heteroatoms. The molecule has 1 aliphatic rings. The van der Waals surface area contributed by atoms with Crippen LogP contribution in [-0.2, 0) is 4.79 Å². The minimum atomic E-state index is -0.674. The maximum absolute atomic E-state index is 11.7. The molecule has 1 atom stereocenters. The molecule has 2 rings (SSSR count). The summed E-state index contributed by atoms with van der Waals surface area (Å²) in [6.07, 6.45) is 2.55. The molecule has 0 heterocycles.